The molecule has 21 heavy (non-hydrogen) atoms. The molecule has 0 spiro atoms. The molecule has 0 aliphatic carbocycles. The summed E-state index contributed by atoms with van der Waals surface area (Å²) < 4.78 is 5.55. The highest BCUT2D eigenvalue weighted by atomic mass is 16.5. The van der Waals surface area contributed by atoms with Crippen LogP contribution in [0.2, 0.25) is 0 Å². The van der Waals surface area contributed by atoms with Crippen molar-refractivity contribution < 1.29 is 9.53 Å². The van der Waals surface area contributed by atoms with Gasteiger partial charge in [0, 0.05) is 45.8 Å². The van der Waals surface area contributed by atoms with E-state index >= 15 is 0 Å². The fourth-order valence-electron chi connectivity index (χ4n) is 2.90. The zero-order valence-corrected chi connectivity index (χ0v) is 12.3. The molecular formula is C16H23N3O2. The van der Waals surface area contributed by atoms with Gasteiger partial charge in [0.15, 0.2) is 0 Å². The van der Waals surface area contributed by atoms with E-state index < -0.39 is 0 Å². The fourth-order valence-corrected chi connectivity index (χ4v) is 2.90. The molecule has 0 radical (unpaired) electrons. The second-order valence-corrected chi connectivity index (χ2v) is 5.65. The van der Waals surface area contributed by atoms with Gasteiger partial charge < -0.3 is 15.0 Å². The number of carbonyl (C=O) groups is 1. The topological polar surface area (TPSA) is 44.8 Å². The van der Waals surface area contributed by atoms with Crippen LogP contribution < -0.4 is 5.32 Å². The predicted octanol–water partition coefficient (Wildman–Crippen LogP) is 0.319. The van der Waals surface area contributed by atoms with E-state index in [4.69, 9.17) is 4.74 Å². The number of carbonyl (C=O) groups excluding carboxylic acids is 1. The van der Waals surface area contributed by atoms with Crippen LogP contribution in [0.3, 0.4) is 0 Å². The number of morpholine rings is 1. The van der Waals surface area contributed by atoms with Gasteiger partial charge in [0.25, 0.3) is 5.91 Å². The lowest BCUT2D eigenvalue weighted by Gasteiger charge is -2.37. The molecule has 2 fully saturated rings. The Balaban J connectivity index is 1.47. The lowest BCUT2D eigenvalue weighted by atomic mass is 10.2. The molecule has 3 rings (SSSR count). The number of amides is 1. The predicted molar refractivity (Wildman–Crippen MR) is 80.9 cm³/mol. The zero-order chi connectivity index (χ0) is 14.5. The molecule has 1 aromatic rings. The Hall–Kier alpha value is -1.43. The Morgan fingerprint density at radius 2 is 1.95 bits per heavy atom. The van der Waals surface area contributed by atoms with Gasteiger partial charge in [0.2, 0.25) is 0 Å². The normalized spacial score (nSPS) is 24.0. The monoisotopic (exact) mass is 289 g/mol. The van der Waals surface area contributed by atoms with Crippen LogP contribution in [0.5, 0.6) is 0 Å². The van der Waals surface area contributed by atoms with Crippen molar-refractivity contribution in [2.24, 2.45) is 0 Å². The number of ether oxygens (including phenoxy) is 1. The van der Waals surface area contributed by atoms with Crippen molar-refractivity contribution in [3.05, 3.63) is 35.9 Å². The Bertz CT molecular complexity index is 452. The Morgan fingerprint density at radius 3 is 2.62 bits per heavy atom. The van der Waals surface area contributed by atoms with Crippen molar-refractivity contribution >= 4 is 5.91 Å². The van der Waals surface area contributed by atoms with Gasteiger partial charge >= 0.3 is 0 Å². The van der Waals surface area contributed by atoms with Crippen LogP contribution in [0, 0.1) is 0 Å². The molecule has 2 heterocycles. The molecule has 2 aliphatic heterocycles. The van der Waals surface area contributed by atoms with E-state index in [9.17, 15) is 4.79 Å². The second-order valence-electron chi connectivity index (χ2n) is 5.65. The summed E-state index contributed by atoms with van der Waals surface area (Å²) in [5.74, 6) is 0.140. The summed E-state index contributed by atoms with van der Waals surface area (Å²) in [7, 11) is 0. The summed E-state index contributed by atoms with van der Waals surface area (Å²) >= 11 is 0. The maximum absolute atomic E-state index is 12.4. The number of hydrogen-bond donors (Lipinski definition) is 1. The first-order valence-corrected chi connectivity index (χ1v) is 7.70. The van der Waals surface area contributed by atoms with Crippen molar-refractivity contribution in [1.82, 2.24) is 15.1 Å². The highest BCUT2D eigenvalue weighted by Crippen LogP contribution is 2.10. The van der Waals surface area contributed by atoms with Gasteiger partial charge in [-0.15, -0.1) is 0 Å². The van der Waals surface area contributed by atoms with Gasteiger partial charge in [-0.2, -0.15) is 0 Å². The van der Waals surface area contributed by atoms with Crippen LogP contribution in [0.4, 0.5) is 0 Å². The summed E-state index contributed by atoms with van der Waals surface area (Å²) in [6.07, 6.45) is -0.292. The van der Waals surface area contributed by atoms with Crippen LogP contribution in [0.25, 0.3) is 0 Å². The first-order valence-electron chi connectivity index (χ1n) is 7.70. The lowest BCUT2D eigenvalue weighted by molar-refractivity contribution is -0.147. The molecule has 2 aliphatic rings. The highest BCUT2D eigenvalue weighted by molar-refractivity contribution is 5.81. The van der Waals surface area contributed by atoms with Crippen LogP contribution >= 0.6 is 0 Å². The van der Waals surface area contributed by atoms with Gasteiger partial charge in [-0.25, -0.2) is 0 Å². The fraction of sp³-hybridized carbons (Fsp3) is 0.562. The summed E-state index contributed by atoms with van der Waals surface area (Å²) in [5.41, 5.74) is 1.33. The molecule has 5 heteroatoms. The third kappa shape index (κ3) is 3.81. The number of rotatable bonds is 3. The number of nitrogens with zero attached hydrogens (tertiary/aromatic N) is 2. The number of piperazine rings is 1. The quantitative estimate of drug-likeness (QED) is 0.870. The summed E-state index contributed by atoms with van der Waals surface area (Å²) in [6.45, 7) is 6.53. The molecule has 0 bridgehead atoms. The summed E-state index contributed by atoms with van der Waals surface area (Å²) in [4.78, 5) is 16.7. The smallest absolute Gasteiger partial charge is 0.253 e. The lowest BCUT2D eigenvalue weighted by Crippen LogP contribution is -2.54. The Kier molecular flexibility index (Phi) is 4.85. The molecule has 2 saturated heterocycles. The minimum absolute atomic E-state index is 0.140. The van der Waals surface area contributed by atoms with Gasteiger partial charge in [0.1, 0.15) is 6.10 Å². The van der Waals surface area contributed by atoms with Crippen molar-refractivity contribution in [2.45, 2.75) is 12.6 Å². The SMILES string of the molecule is O=C(C1CNCCO1)N1CCN(Cc2ccccc2)CC1. The molecule has 1 amide bonds. The van der Waals surface area contributed by atoms with E-state index in [1.165, 1.54) is 5.56 Å². The van der Waals surface area contributed by atoms with Crippen LogP contribution in [0.15, 0.2) is 30.3 Å². The number of hydrogen-bond acceptors (Lipinski definition) is 4. The maximum Gasteiger partial charge on any atom is 0.253 e. The second kappa shape index (κ2) is 7.02. The van der Waals surface area contributed by atoms with Gasteiger partial charge in [-0.05, 0) is 5.56 Å². The minimum Gasteiger partial charge on any atom is -0.366 e. The largest absolute Gasteiger partial charge is 0.366 e. The van der Waals surface area contributed by atoms with Gasteiger partial charge in [-0.1, -0.05) is 30.3 Å². The van der Waals surface area contributed by atoms with E-state index in [0.717, 1.165) is 39.3 Å². The molecule has 0 saturated carbocycles. The summed E-state index contributed by atoms with van der Waals surface area (Å²) in [6, 6.07) is 10.5. The van der Waals surface area contributed by atoms with E-state index in [1.807, 2.05) is 11.0 Å². The third-order valence-corrected chi connectivity index (χ3v) is 4.14. The first kappa shape index (κ1) is 14.5. The Labute approximate surface area is 125 Å². The maximum atomic E-state index is 12.4. The highest BCUT2D eigenvalue weighted by Gasteiger charge is 2.29. The van der Waals surface area contributed by atoms with Crippen LogP contribution in [0.1, 0.15) is 5.56 Å². The number of nitrogens with one attached hydrogen (secondary N) is 1. The van der Waals surface area contributed by atoms with Crippen molar-refractivity contribution in [2.75, 3.05) is 45.9 Å². The zero-order valence-electron chi connectivity index (χ0n) is 12.3. The molecular weight excluding hydrogens is 266 g/mol. The average Bonchev–Trinajstić information content (AvgIpc) is 2.57. The molecule has 1 atom stereocenters. The molecule has 5 nitrogen and oxygen atoms in total. The van der Waals surface area contributed by atoms with Crippen molar-refractivity contribution in [1.29, 1.82) is 0 Å². The molecule has 0 aromatic heterocycles. The minimum atomic E-state index is -0.292. The first-order chi connectivity index (χ1) is 10.3. The molecule has 1 unspecified atom stereocenters. The van der Waals surface area contributed by atoms with Crippen LogP contribution in [-0.2, 0) is 16.1 Å². The summed E-state index contributed by atoms with van der Waals surface area (Å²) in [5, 5.41) is 3.21. The molecule has 1 N–H and O–H groups in total. The third-order valence-electron chi connectivity index (χ3n) is 4.14. The van der Waals surface area contributed by atoms with Gasteiger partial charge in [-0.3, -0.25) is 9.69 Å². The molecule has 1 aromatic carbocycles. The molecule has 114 valence electrons. The average molecular weight is 289 g/mol. The van der Waals surface area contributed by atoms with E-state index in [1.54, 1.807) is 0 Å². The van der Waals surface area contributed by atoms with Crippen molar-refractivity contribution in [3.8, 4) is 0 Å². The van der Waals surface area contributed by atoms with Crippen LogP contribution in [-0.4, -0.2) is 67.7 Å². The van der Waals surface area contributed by atoms with E-state index in [2.05, 4.69) is 34.5 Å². The van der Waals surface area contributed by atoms with Crippen molar-refractivity contribution in [3.63, 3.8) is 0 Å². The van der Waals surface area contributed by atoms with E-state index in [-0.39, 0.29) is 12.0 Å². The van der Waals surface area contributed by atoms with Gasteiger partial charge in [0.05, 0.1) is 6.61 Å². The Morgan fingerprint density at radius 1 is 1.19 bits per heavy atom. The standard InChI is InChI=1S/C16H23N3O2/c20-16(15-12-17-6-11-21-15)19-9-7-18(8-10-19)13-14-4-2-1-3-5-14/h1-5,15,17H,6-13H2. The van der Waals surface area contributed by atoms with E-state index in [0.29, 0.717) is 13.2 Å². The number of benzene rings is 1.